The molecular weight excluding hydrogens is 360 g/mol. The third kappa shape index (κ3) is 4.89. The fourth-order valence-corrected chi connectivity index (χ4v) is 2.40. The monoisotopic (exact) mass is 380 g/mol. The van der Waals surface area contributed by atoms with Crippen molar-refractivity contribution in [2.24, 2.45) is 0 Å². The number of nitrogens with zero attached hydrogens (tertiary/aromatic N) is 2. The number of ether oxygens (including phenoxy) is 2. The summed E-state index contributed by atoms with van der Waals surface area (Å²) in [7, 11) is 4.63. The maximum absolute atomic E-state index is 12.1. The van der Waals surface area contributed by atoms with E-state index >= 15 is 0 Å². The zero-order valence-electron chi connectivity index (χ0n) is 15.8. The van der Waals surface area contributed by atoms with Crippen molar-refractivity contribution in [3.8, 4) is 17.6 Å². The van der Waals surface area contributed by atoms with Gasteiger partial charge in [0.1, 0.15) is 18.2 Å². The van der Waals surface area contributed by atoms with Crippen LogP contribution in [-0.2, 0) is 11.4 Å². The third-order valence-corrected chi connectivity index (χ3v) is 3.87. The summed E-state index contributed by atoms with van der Waals surface area (Å²) < 4.78 is 11.2. The van der Waals surface area contributed by atoms with Gasteiger partial charge in [0.2, 0.25) is 0 Å². The number of amides is 1. The summed E-state index contributed by atoms with van der Waals surface area (Å²) in [5, 5.41) is 18.3. The van der Waals surface area contributed by atoms with E-state index in [2.05, 4.69) is 0 Å². The summed E-state index contributed by atoms with van der Waals surface area (Å²) in [6, 6.07) is 13.4. The number of carboxylic acid groups (broad SMARTS) is 1. The number of aromatic carboxylic acids is 1. The number of benzene rings is 2. The van der Waals surface area contributed by atoms with Gasteiger partial charge in [-0.2, -0.15) is 5.26 Å². The Bertz CT molecular complexity index is 940. The summed E-state index contributed by atoms with van der Waals surface area (Å²) in [6.07, 6.45) is 1.45. The normalized spacial score (nSPS) is 10.7. The maximum Gasteiger partial charge on any atom is 0.335 e. The second-order valence-corrected chi connectivity index (χ2v) is 6.04. The number of hydrogen-bond acceptors (Lipinski definition) is 5. The van der Waals surface area contributed by atoms with Crippen molar-refractivity contribution >= 4 is 18.0 Å². The number of para-hydroxylation sites is 1. The van der Waals surface area contributed by atoms with Gasteiger partial charge in [0, 0.05) is 19.7 Å². The van der Waals surface area contributed by atoms with Crippen LogP contribution in [0.2, 0.25) is 0 Å². The molecule has 0 spiro atoms. The molecule has 7 heteroatoms. The van der Waals surface area contributed by atoms with E-state index in [0.717, 1.165) is 5.56 Å². The van der Waals surface area contributed by atoms with Crippen molar-refractivity contribution in [1.29, 1.82) is 5.26 Å². The number of rotatable bonds is 7. The molecule has 144 valence electrons. The predicted octanol–water partition coefficient (Wildman–Crippen LogP) is 2.97. The standard InChI is InChI=1S/C21H20N2O5/c1-23(2)20(24)17(12-22)11-16-5-4-6-18(27-3)19(16)28-13-14-7-9-15(10-8-14)21(25)26/h4-11H,13H2,1-3H3,(H,25,26)/b17-11-. The van der Waals surface area contributed by atoms with E-state index in [1.165, 1.54) is 30.2 Å². The van der Waals surface area contributed by atoms with Crippen LogP contribution < -0.4 is 9.47 Å². The molecule has 1 amide bonds. The molecule has 1 N–H and O–H groups in total. The van der Waals surface area contributed by atoms with Crippen molar-refractivity contribution < 1.29 is 24.2 Å². The van der Waals surface area contributed by atoms with Crippen molar-refractivity contribution in [2.75, 3.05) is 21.2 Å². The zero-order valence-corrected chi connectivity index (χ0v) is 15.8. The number of carbonyl (C=O) groups excluding carboxylic acids is 1. The summed E-state index contributed by atoms with van der Waals surface area (Å²) in [5.41, 5.74) is 1.43. The molecule has 0 saturated carbocycles. The van der Waals surface area contributed by atoms with Crippen molar-refractivity contribution in [3.63, 3.8) is 0 Å². The molecule has 2 rings (SSSR count). The fourth-order valence-electron chi connectivity index (χ4n) is 2.40. The van der Waals surface area contributed by atoms with Gasteiger partial charge < -0.3 is 19.5 Å². The average molecular weight is 380 g/mol. The van der Waals surface area contributed by atoms with Gasteiger partial charge in [-0.1, -0.05) is 24.3 Å². The molecule has 0 atom stereocenters. The molecular formula is C21H20N2O5. The number of carbonyl (C=O) groups is 2. The van der Waals surface area contributed by atoms with Crippen molar-refractivity contribution in [1.82, 2.24) is 4.90 Å². The van der Waals surface area contributed by atoms with Crippen LogP contribution in [0.1, 0.15) is 21.5 Å². The Labute approximate surface area is 163 Å². The lowest BCUT2D eigenvalue weighted by molar-refractivity contribution is -0.124. The highest BCUT2D eigenvalue weighted by Gasteiger charge is 2.15. The Kier molecular flexibility index (Phi) is 6.77. The van der Waals surface area contributed by atoms with Gasteiger partial charge in [-0.25, -0.2) is 4.79 Å². The average Bonchev–Trinajstić information content (AvgIpc) is 2.70. The number of likely N-dealkylation sites (N-methyl/N-ethyl adjacent to an activating group) is 1. The molecule has 0 aromatic heterocycles. The third-order valence-electron chi connectivity index (χ3n) is 3.87. The highest BCUT2D eigenvalue weighted by atomic mass is 16.5. The quantitative estimate of drug-likeness (QED) is 0.585. The van der Waals surface area contributed by atoms with Crippen LogP contribution in [0.25, 0.3) is 6.08 Å². The first-order chi connectivity index (χ1) is 13.4. The minimum absolute atomic E-state index is 0.0334. The van der Waals surface area contributed by atoms with Crippen LogP contribution >= 0.6 is 0 Å². The van der Waals surface area contributed by atoms with Gasteiger partial charge in [0.05, 0.1) is 12.7 Å². The van der Waals surface area contributed by atoms with Crippen molar-refractivity contribution in [3.05, 3.63) is 64.7 Å². The first kappa shape index (κ1) is 20.5. The van der Waals surface area contributed by atoms with Crippen LogP contribution in [0.3, 0.4) is 0 Å². The van der Waals surface area contributed by atoms with E-state index in [0.29, 0.717) is 17.1 Å². The molecule has 0 aliphatic heterocycles. The molecule has 0 aliphatic carbocycles. The fraction of sp³-hybridized carbons (Fsp3) is 0.190. The van der Waals surface area contributed by atoms with Crippen LogP contribution in [0.4, 0.5) is 0 Å². The smallest absolute Gasteiger partial charge is 0.335 e. The summed E-state index contributed by atoms with van der Waals surface area (Å²) in [4.78, 5) is 24.4. The Morgan fingerprint density at radius 2 is 1.86 bits per heavy atom. The molecule has 2 aromatic rings. The van der Waals surface area contributed by atoms with Gasteiger partial charge in [0.25, 0.3) is 5.91 Å². The molecule has 0 unspecified atom stereocenters. The Morgan fingerprint density at radius 1 is 1.18 bits per heavy atom. The topological polar surface area (TPSA) is 99.9 Å². The SMILES string of the molecule is COc1cccc(/C=C(/C#N)C(=O)N(C)C)c1OCc1ccc(C(=O)O)cc1. The van der Waals surface area contributed by atoms with Gasteiger partial charge in [0.15, 0.2) is 11.5 Å². The minimum atomic E-state index is -1.00. The first-order valence-electron chi connectivity index (χ1n) is 8.32. The maximum atomic E-state index is 12.1. The number of nitriles is 1. The molecule has 0 radical (unpaired) electrons. The van der Waals surface area contributed by atoms with Gasteiger partial charge in [-0.05, 0) is 29.8 Å². The van der Waals surface area contributed by atoms with Gasteiger partial charge in [-0.3, -0.25) is 4.79 Å². The Morgan fingerprint density at radius 3 is 2.39 bits per heavy atom. The van der Waals surface area contributed by atoms with E-state index in [1.807, 2.05) is 6.07 Å². The first-order valence-corrected chi connectivity index (χ1v) is 8.32. The number of carboxylic acids is 1. The van der Waals surface area contributed by atoms with E-state index in [4.69, 9.17) is 14.6 Å². The summed E-state index contributed by atoms with van der Waals surface area (Å²) >= 11 is 0. The predicted molar refractivity (Wildman–Crippen MR) is 103 cm³/mol. The molecule has 2 aromatic carbocycles. The second-order valence-electron chi connectivity index (χ2n) is 6.04. The summed E-state index contributed by atoms with van der Waals surface area (Å²) in [6.45, 7) is 0.157. The highest BCUT2D eigenvalue weighted by Crippen LogP contribution is 2.33. The lowest BCUT2D eigenvalue weighted by Gasteiger charge is -2.14. The molecule has 7 nitrogen and oxygen atoms in total. The highest BCUT2D eigenvalue weighted by molar-refractivity contribution is 6.01. The van der Waals surface area contributed by atoms with E-state index in [-0.39, 0.29) is 17.7 Å². The zero-order chi connectivity index (χ0) is 20.7. The molecule has 0 bridgehead atoms. The van der Waals surface area contributed by atoms with Crippen LogP contribution in [-0.4, -0.2) is 43.1 Å². The molecule has 0 saturated heterocycles. The lowest BCUT2D eigenvalue weighted by atomic mass is 10.1. The largest absolute Gasteiger partial charge is 0.493 e. The van der Waals surface area contributed by atoms with Crippen LogP contribution in [0.5, 0.6) is 11.5 Å². The van der Waals surface area contributed by atoms with E-state index in [1.54, 1.807) is 44.4 Å². The van der Waals surface area contributed by atoms with Crippen molar-refractivity contribution in [2.45, 2.75) is 6.61 Å². The number of hydrogen-bond donors (Lipinski definition) is 1. The van der Waals surface area contributed by atoms with Crippen LogP contribution in [0, 0.1) is 11.3 Å². The van der Waals surface area contributed by atoms with Crippen LogP contribution in [0.15, 0.2) is 48.0 Å². The Balaban J connectivity index is 2.34. The second kappa shape index (κ2) is 9.24. The number of methoxy groups -OCH3 is 1. The lowest BCUT2D eigenvalue weighted by Crippen LogP contribution is -2.22. The molecule has 0 heterocycles. The molecule has 28 heavy (non-hydrogen) atoms. The van der Waals surface area contributed by atoms with E-state index in [9.17, 15) is 14.9 Å². The van der Waals surface area contributed by atoms with E-state index < -0.39 is 11.9 Å². The Hall–Kier alpha value is -3.79. The molecule has 0 fully saturated rings. The van der Waals surface area contributed by atoms with Gasteiger partial charge >= 0.3 is 5.97 Å². The minimum Gasteiger partial charge on any atom is -0.493 e. The van der Waals surface area contributed by atoms with Gasteiger partial charge in [-0.15, -0.1) is 0 Å². The molecule has 0 aliphatic rings. The summed E-state index contributed by atoms with van der Waals surface area (Å²) in [5.74, 6) is -0.586.